The fourth-order valence-corrected chi connectivity index (χ4v) is 2.67. The van der Waals surface area contributed by atoms with Gasteiger partial charge in [-0.15, -0.1) is 0 Å². The summed E-state index contributed by atoms with van der Waals surface area (Å²) >= 11 is 0. The molecule has 3 N–H and O–H groups in total. The van der Waals surface area contributed by atoms with E-state index in [2.05, 4.69) is 47.8 Å². The molecule has 2 atom stereocenters. The van der Waals surface area contributed by atoms with E-state index < -0.39 is 0 Å². The van der Waals surface area contributed by atoms with E-state index in [9.17, 15) is 0 Å². The van der Waals surface area contributed by atoms with E-state index in [1.807, 2.05) is 0 Å². The lowest BCUT2D eigenvalue weighted by atomic mass is 9.96. The third-order valence-corrected chi connectivity index (χ3v) is 3.69. The topological polar surface area (TPSA) is 38.0 Å². The molecule has 3 rings (SSSR count). The van der Waals surface area contributed by atoms with Crippen molar-refractivity contribution in [3.8, 4) is 0 Å². The average Bonchev–Trinajstić information content (AvgIpc) is 2.91. The summed E-state index contributed by atoms with van der Waals surface area (Å²) in [5.74, 6) is 0. The maximum atomic E-state index is 6.33. The molecule has 1 aliphatic heterocycles. The Kier molecular flexibility index (Phi) is 2.83. The fraction of sp³-hybridized carbons (Fsp3) is 0.333. The van der Waals surface area contributed by atoms with Crippen LogP contribution in [0.3, 0.4) is 0 Å². The van der Waals surface area contributed by atoms with Gasteiger partial charge in [-0.2, -0.15) is 0 Å². The zero-order valence-corrected chi connectivity index (χ0v) is 9.89. The predicted octanol–water partition coefficient (Wildman–Crippen LogP) is 2.59. The lowest BCUT2D eigenvalue weighted by Gasteiger charge is -2.20. The molecule has 17 heavy (non-hydrogen) atoms. The highest BCUT2D eigenvalue weighted by Crippen LogP contribution is 2.24. The summed E-state index contributed by atoms with van der Waals surface area (Å²) in [5, 5.41) is 6.03. The van der Waals surface area contributed by atoms with Gasteiger partial charge >= 0.3 is 0 Å². The molecule has 0 radical (unpaired) electrons. The van der Waals surface area contributed by atoms with Gasteiger partial charge in [-0.3, -0.25) is 0 Å². The number of fused-ring (bicyclic) bond motifs is 1. The normalized spacial score (nSPS) is 21.8. The summed E-state index contributed by atoms with van der Waals surface area (Å²) in [7, 11) is 0. The van der Waals surface area contributed by atoms with Crippen molar-refractivity contribution >= 4 is 10.8 Å². The molecule has 2 aromatic carbocycles. The van der Waals surface area contributed by atoms with E-state index in [1.165, 1.54) is 29.2 Å². The van der Waals surface area contributed by atoms with Gasteiger partial charge in [0, 0.05) is 12.1 Å². The highest BCUT2D eigenvalue weighted by atomic mass is 15.0. The summed E-state index contributed by atoms with van der Waals surface area (Å²) in [6, 6.07) is 15.5. The van der Waals surface area contributed by atoms with Gasteiger partial charge in [0.1, 0.15) is 0 Å². The monoisotopic (exact) mass is 226 g/mol. The van der Waals surface area contributed by atoms with Crippen LogP contribution < -0.4 is 11.1 Å². The highest BCUT2D eigenvalue weighted by molar-refractivity contribution is 5.83. The van der Waals surface area contributed by atoms with Crippen LogP contribution in [-0.4, -0.2) is 12.6 Å². The quantitative estimate of drug-likeness (QED) is 0.826. The van der Waals surface area contributed by atoms with Crippen LogP contribution in [0.15, 0.2) is 42.5 Å². The first-order chi connectivity index (χ1) is 8.34. The average molecular weight is 226 g/mol. The zero-order chi connectivity index (χ0) is 11.7. The number of benzene rings is 2. The summed E-state index contributed by atoms with van der Waals surface area (Å²) in [5.41, 5.74) is 7.57. The molecule has 2 nitrogen and oxygen atoms in total. The molecule has 0 aliphatic carbocycles. The van der Waals surface area contributed by atoms with Gasteiger partial charge in [0.05, 0.1) is 0 Å². The minimum atomic E-state index is 0.113. The van der Waals surface area contributed by atoms with Crippen LogP contribution in [0.25, 0.3) is 10.8 Å². The van der Waals surface area contributed by atoms with Crippen molar-refractivity contribution in [2.45, 2.75) is 24.9 Å². The Morgan fingerprint density at radius 2 is 1.94 bits per heavy atom. The van der Waals surface area contributed by atoms with Crippen LogP contribution in [-0.2, 0) is 0 Å². The summed E-state index contributed by atoms with van der Waals surface area (Å²) in [4.78, 5) is 0. The van der Waals surface area contributed by atoms with Crippen molar-refractivity contribution in [1.82, 2.24) is 5.32 Å². The molecule has 0 bridgehead atoms. The Labute approximate surface area is 102 Å². The van der Waals surface area contributed by atoms with Crippen LogP contribution in [0.2, 0.25) is 0 Å². The molecule has 2 unspecified atom stereocenters. The Morgan fingerprint density at radius 3 is 2.71 bits per heavy atom. The van der Waals surface area contributed by atoms with Gasteiger partial charge in [0.2, 0.25) is 0 Å². The predicted molar refractivity (Wildman–Crippen MR) is 71.9 cm³/mol. The number of hydrogen-bond acceptors (Lipinski definition) is 2. The van der Waals surface area contributed by atoms with Crippen LogP contribution in [0.4, 0.5) is 0 Å². The second-order valence-electron chi connectivity index (χ2n) is 4.84. The fourth-order valence-electron chi connectivity index (χ4n) is 2.67. The van der Waals surface area contributed by atoms with Gasteiger partial charge in [0.25, 0.3) is 0 Å². The molecule has 1 heterocycles. The van der Waals surface area contributed by atoms with E-state index in [0.717, 1.165) is 6.54 Å². The molecular formula is C15H18N2. The molecule has 1 saturated heterocycles. The van der Waals surface area contributed by atoms with Gasteiger partial charge in [-0.1, -0.05) is 36.4 Å². The van der Waals surface area contributed by atoms with Gasteiger partial charge < -0.3 is 11.1 Å². The SMILES string of the molecule is NC(c1ccc2ccccc2c1)C1CCCN1. The number of rotatable bonds is 2. The van der Waals surface area contributed by atoms with Crippen molar-refractivity contribution in [3.63, 3.8) is 0 Å². The third kappa shape index (κ3) is 2.06. The van der Waals surface area contributed by atoms with Crippen molar-refractivity contribution in [2.75, 3.05) is 6.54 Å². The maximum absolute atomic E-state index is 6.33. The first kappa shape index (κ1) is 10.8. The van der Waals surface area contributed by atoms with Crippen molar-refractivity contribution in [3.05, 3.63) is 48.0 Å². The van der Waals surface area contributed by atoms with Crippen LogP contribution in [0.1, 0.15) is 24.4 Å². The molecular weight excluding hydrogens is 208 g/mol. The van der Waals surface area contributed by atoms with Crippen LogP contribution >= 0.6 is 0 Å². The van der Waals surface area contributed by atoms with Crippen LogP contribution in [0, 0.1) is 0 Å². The summed E-state index contributed by atoms with van der Waals surface area (Å²) < 4.78 is 0. The molecule has 0 saturated carbocycles. The first-order valence-electron chi connectivity index (χ1n) is 6.32. The lowest BCUT2D eigenvalue weighted by molar-refractivity contribution is 0.501. The van der Waals surface area contributed by atoms with Gasteiger partial charge in [-0.25, -0.2) is 0 Å². The smallest absolute Gasteiger partial charge is 0.0451 e. The number of nitrogens with two attached hydrogens (primary N) is 1. The summed E-state index contributed by atoms with van der Waals surface area (Å²) in [6.45, 7) is 1.10. The minimum Gasteiger partial charge on any atom is -0.323 e. The second-order valence-corrected chi connectivity index (χ2v) is 4.84. The molecule has 1 fully saturated rings. The van der Waals surface area contributed by atoms with E-state index in [4.69, 9.17) is 5.73 Å². The summed E-state index contributed by atoms with van der Waals surface area (Å²) in [6.07, 6.45) is 2.43. The Morgan fingerprint density at radius 1 is 1.12 bits per heavy atom. The molecule has 88 valence electrons. The van der Waals surface area contributed by atoms with Gasteiger partial charge in [0.15, 0.2) is 0 Å². The second kappa shape index (κ2) is 4.47. The number of nitrogens with one attached hydrogen (secondary N) is 1. The van der Waals surface area contributed by atoms with E-state index in [1.54, 1.807) is 0 Å². The highest BCUT2D eigenvalue weighted by Gasteiger charge is 2.22. The molecule has 1 aliphatic rings. The zero-order valence-electron chi connectivity index (χ0n) is 9.89. The van der Waals surface area contributed by atoms with Gasteiger partial charge in [-0.05, 0) is 41.8 Å². The third-order valence-electron chi connectivity index (χ3n) is 3.69. The lowest BCUT2D eigenvalue weighted by Crippen LogP contribution is -2.34. The standard InChI is InChI=1S/C15H18N2/c16-15(14-6-3-9-17-14)13-8-7-11-4-1-2-5-12(11)10-13/h1-2,4-5,7-8,10,14-15,17H,3,6,9,16H2. The molecule has 0 aromatic heterocycles. The Balaban J connectivity index is 1.94. The first-order valence-corrected chi connectivity index (χ1v) is 6.32. The van der Waals surface area contributed by atoms with E-state index >= 15 is 0 Å². The molecule has 0 amide bonds. The molecule has 2 aromatic rings. The number of hydrogen-bond donors (Lipinski definition) is 2. The van der Waals surface area contributed by atoms with E-state index in [-0.39, 0.29) is 6.04 Å². The Bertz CT molecular complexity index is 515. The maximum Gasteiger partial charge on any atom is 0.0451 e. The largest absolute Gasteiger partial charge is 0.323 e. The van der Waals surface area contributed by atoms with Crippen molar-refractivity contribution < 1.29 is 0 Å². The Hall–Kier alpha value is -1.38. The molecule has 0 spiro atoms. The van der Waals surface area contributed by atoms with E-state index in [0.29, 0.717) is 6.04 Å². The van der Waals surface area contributed by atoms with Crippen LogP contribution in [0.5, 0.6) is 0 Å². The molecule has 2 heteroatoms. The van der Waals surface area contributed by atoms with Crippen molar-refractivity contribution in [1.29, 1.82) is 0 Å². The van der Waals surface area contributed by atoms with Crippen molar-refractivity contribution in [2.24, 2.45) is 5.73 Å². The minimum absolute atomic E-state index is 0.113.